The SMILES string of the molecule is CC1(C)Cc2c(cc(Cl)cc2C(=O)NS(C)(=O)=O)NC1c1cccc(N2CCOCC2)c1. The third kappa shape index (κ3) is 4.87. The second-order valence-electron chi connectivity index (χ2n) is 9.12. The van der Waals surface area contributed by atoms with E-state index < -0.39 is 15.9 Å². The highest BCUT2D eigenvalue weighted by Gasteiger charge is 2.38. The van der Waals surface area contributed by atoms with Crippen molar-refractivity contribution in [3.05, 3.63) is 58.1 Å². The Labute approximate surface area is 194 Å². The van der Waals surface area contributed by atoms with E-state index in [2.05, 4.69) is 53.1 Å². The second kappa shape index (κ2) is 8.57. The number of morpholine rings is 1. The maximum Gasteiger partial charge on any atom is 0.265 e. The molecule has 4 rings (SSSR count). The van der Waals surface area contributed by atoms with Crippen molar-refractivity contribution in [3.8, 4) is 0 Å². The van der Waals surface area contributed by atoms with E-state index in [1.54, 1.807) is 6.07 Å². The van der Waals surface area contributed by atoms with E-state index >= 15 is 0 Å². The second-order valence-corrected chi connectivity index (χ2v) is 11.3. The fraction of sp³-hybridized carbons (Fsp3) is 0.435. The number of hydrogen-bond donors (Lipinski definition) is 2. The highest BCUT2D eigenvalue weighted by atomic mass is 35.5. The predicted octanol–water partition coefficient (Wildman–Crippen LogP) is 3.60. The molecule has 172 valence electrons. The molecule has 0 saturated carbocycles. The minimum absolute atomic E-state index is 0.0136. The Morgan fingerprint density at radius 2 is 1.94 bits per heavy atom. The van der Waals surface area contributed by atoms with E-state index in [9.17, 15) is 13.2 Å². The maximum absolute atomic E-state index is 12.7. The van der Waals surface area contributed by atoms with Crippen LogP contribution in [0.4, 0.5) is 11.4 Å². The first kappa shape index (κ1) is 22.9. The van der Waals surface area contributed by atoms with Gasteiger partial charge in [-0.05, 0) is 47.2 Å². The number of nitrogens with one attached hydrogen (secondary N) is 2. The van der Waals surface area contributed by atoms with Gasteiger partial charge in [0.05, 0.1) is 25.5 Å². The molecule has 1 amide bonds. The Bertz CT molecular complexity index is 1140. The summed E-state index contributed by atoms with van der Waals surface area (Å²) >= 11 is 6.30. The first-order valence-corrected chi connectivity index (χ1v) is 12.8. The zero-order valence-electron chi connectivity index (χ0n) is 18.4. The number of rotatable bonds is 4. The number of ether oxygens (including phenoxy) is 1. The quantitative estimate of drug-likeness (QED) is 0.699. The van der Waals surface area contributed by atoms with Gasteiger partial charge in [0, 0.05) is 35.1 Å². The smallest absolute Gasteiger partial charge is 0.265 e. The van der Waals surface area contributed by atoms with Crippen molar-refractivity contribution in [3.63, 3.8) is 0 Å². The first-order chi connectivity index (χ1) is 15.0. The van der Waals surface area contributed by atoms with Gasteiger partial charge in [-0.25, -0.2) is 13.1 Å². The van der Waals surface area contributed by atoms with Crippen LogP contribution in [0.2, 0.25) is 5.02 Å². The molecule has 1 unspecified atom stereocenters. The van der Waals surface area contributed by atoms with E-state index in [4.69, 9.17) is 16.3 Å². The molecule has 0 aromatic heterocycles. The van der Waals surface area contributed by atoms with Crippen molar-refractivity contribution in [1.82, 2.24) is 4.72 Å². The highest BCUT2D eigenvalue weighted by Crippen LogP contribution is 2.47. The number of carbonyl (C=O) groups is 1. The largest absolute Gasteiger partial charge is 0.378 e. The summed E-state index contributed by atoms with van der Waals surface area (Å²) in [4.78, 5) is 15.0. The minimum Gasteiger partial charge on any atom is -0.378 e. The van der Waals surface area contributed by atoms with Gasteiger partial charge in [-0.3, -0.25) is 4.79 Å². The third-order valence-corrected chi connectivity index (χ3v) is 6.81. The number of anilines is 2. The van der Waals surface area contributed by atoms with Gasteiger partial charge < -0.3 is 15.0 Å². The summed E-state index contributed by atoms with van der Waals surface area (Å²) in [5.41, 5.74) is 3.85. The van der Waals surface area contributed by atoms with Gasteiger partial charge in [0.15, 0.2) is 0 Å². The molecule has 7 nitrogen and oxygen atoms in total. The third-order valence-electron chi connectivity index (χ3n) is 6.03. The fourth-order valence-corrected chi connectivity index (χ4v) is 5.21. The lowest BCUT2D eigenvalue weighted by Gasteiger charge is -2.42. The monoisotopic (exact) mass is 477 g/mol. The summed E-state index contributed by atoms with van der Waals surface area (Å²) in [6.45, 7) is 7.46. The molecule has 9 heteroatoms. The molecule has 0 aliphatic carbocycles. The summed E-state index contributed by atoms with van der Waals surface area (Å²) < 4.78 is 30.7. The van der Waals surface area contributed by atoms with E-state index in [1.165, 1.54) is 6.07 Å². The standard InChI is InChI=1S/C23H28ClN3O4S/c1-23(2)14-19-18(22(28)26-32(3,29)30)12-16(24)13-20(19)25-21(23)15-5-4-6-17(11-15)27-7-9-31-10-8-27/h4-6,11-13,21,25H,7-10,14H2,1-3H3,(H,26,28). The van der Waals surface area contributed by atoms with Crippen molar-refractivity contribution in [2.75, 3.05) is 42.8 Å². The molecule has 2 aliphatic heterocycles. The average Bonchev–Trinajstić information content (AvgIpc) is 2.72. The lowest BCUT2D eigenvalue weighted by atomic mass is 9.72. The number of carbonyl (C=O) groups excluding carboxylic acids is 1. The number of amides is 1. The maximum atomic E-state index is 12.7. The molecule has 1 fully saturated rings. The van der Waals surface area contributed by atoms with Crippen LogP contribution in [0.1, 0.15) is 41.4 Å². The van der Waals surface area contributed by atoms with Crippen molar-refractivity contribution < 1.29 is 17.9 Å². The molecule has 1 atom stereocenters. The lowest BCUT2D eigenvalue weighted by molar-refractivity contribution is 0.0980. The summed E-state index contributed by atoms with van der Waals surface area (Å²) in [6.07, 6.45) is 1.55. The van der Waals surface area contributed by atoms with Gasteiger partial charge in [0.25, 0.3) is 5.91 Å². The van der Waals surface area contributed by atoms with Crippen molar-refractivity contribution in [1.29, 1.82) is 0 Å². The molecule has 2 aliphatic rings. The van der Waals surface area contributed by atoms with Crippen LogP contribution in [0.5, 0.6) is 0 Å². The van der Waals surface area contributed by atoms with Gasteiger partial charge in [-0.2, -0.15) is 0 Å². The Morgan fingerprint density at radius 3 is 2.62 bits per heavy atom. The summed E-state index contributed by atoms with van der Waals surface area (Å²) in [7, 11) is -3.69. The van der Waals surface area contributed by atoms with E-state index in [0.29, 0.717) is 11.4 Å². The number of nitrogens with zero attached hydrogens (tertiary/aromatic N) is 1. The molecule has 2 N–H and O–H groups in total. The van der Waals surface area contributed by atoms with Gasteiger partial charge in [0.1, 0.15) is 0 Å². The summed E-state index contributed by atoms with van der Waals surface area (Å²) in [6, 6.07) is 11.8. The van der Waals surface area contributed by atoms with Crippen LogP contribution in [0.25, 0.3) is 0 Å². The molecule has 0 spiro atoms. The van der Waals surface area contributed by atoms with Crippen molar-refractivity contribution in [2.45, 2.75) is 26.3 Å². The van der Waals surface area contributed by atoms with E-state index in [-0.39, 0.29) is 17.0 Å². The Kier molecular flexibility index (Phi) is 6.13. The molecule has 0 radical (unpaired) electrons. The first-order valence-electron chi connectivity index (χ1n) is 10.6. The van der Waals surface area contributed by atoms with Crippen LogP contribution in [0.15, 0.2) is 36.4 Å². The van der Waals surface area contributed by atoms with Gasteiger partial charge in [0.2, 0.25) is 10.0 Å². The molecule has 0 bridgehead atoms. The molecule has 2 aromatic rings. The average molecular weight is 478 g/mol. The van der Waals surface area contributed by atoms with Crippen molar-refractivity contribution >= 4 is 38.9 Å². The zero-order valence-corrected chi connectivity index (χ0v) is 20.0. The van der Waals surface area contributed by atoms with Crippen LogP contribution in [0.3, 0.4) is 0 Å². The topological polar surface area (TPSA) is 87.7 Å². The number of fused-ring (bicyclic) bond motifs is 1. The Hall–Kier alpha value is -2.29. The molecular weight excluding hydrogens is 450 g/mol. The number of benzene rings is 2. The summed E-state index contributed by atoms with van der Waals surface area (Å²) in [5, 5.41) is 3.95. The van der Waals surface area contributed by atoms with Gasteiger partial charge >= 0.3 is 0 Å². The van der Waals surface area contributed by atoms with Crippen LogP contribution in [0, 0.1) is 5.41 Å². The number of halogens is 1. The van der Waals surface area contributed by atoms with Crippen LogP contribution in [-0.2, 0) is 21.2 Å². The van der Waals surface area contributed by atoms with Gasteiger partial charge in [-0.1, -0.05) is 37.6 Å². The predicted molar refractivity (Wildman–Crippen MR) is 127 cm³/mol. The lowest BCUT2D eigenvalue weighted by Crippen LogP contribution is -2.38. The normalized spacial score (nSPS) is 20.2. The molecule has 2 heterocycles. The Balaban J connectivity index is 1.69. The number of sulfonamides is 1. The molecular formula is C23H28ClN3O4S. The molecule has 1 saturated heterocycles. The van der Waals surface area contributed by atoms with Crippen LogP contribution < -0.4 is 14.9 Å². The van der Waals surface area contributed by atoms with E-state index in [0.717, 1.165) is 55.1 Å². The number of hydrogen-bond acceptors (Lipinski definition) is 6. The highest BCUT2D eigenvalue weighted by molar-refractivity contribution is 7.89. The van der Waals surface area contributed by atoms with Crippen molar-refractivity contribution in [2.24, 2.45) is 5.41 Å². The summed E-state index contributed by atoms with van der Waals surface area (Å²) in [5.74, 6) is -0.670. The Morgan fingerprint density at radius 1 is 1.22 bits per heavy atom. The molecule has 2 aromatic carbocycles. The van der Waals surface area contributed by atoms with E-state index in [1.807, 2.05) is 0 Å². The van der Waals surface area contributed by atoms with Gasteiger partial charge in [-0.15, -0.1) is 0 Å². The van der Waals surface area contributed by atoms with Crippen LogP contribution >= 0.6 is 11.6 Å². The minimum atomic E-state index is -3.69. The fourth-order valence-electron chi connectivity index (χ4n) is 4.55. The molecule has 32 heavy (non-hydrogen) atoms. The zero-order chi connectivity index (χ0) is 23.1. The van der Waals surface area contributed by atoms with Crippen LogP contribution in [-0.4, -0.2) is 46.9 Å².